The molecule has 0 aliphatic carbocycles. The van der Waals surface area contributed by atoms with Gasteiger partial charge in [0.1, 0.15) is 5.75 Å². The van der Waals surface area contributed by atoms with Gasteiger partial charge < -0.3 is 10.1 Å². The molecule has 0 saturated carbocycles. The Balaban J connectivity index is 2.38. The zero-order valence-electron chi connectivity index (χ0n) is 9.57. The molecule has 1 amide bonds. The number of hydrogen-bond acceptors (Lipinski definition) is 2. The molecule has 0 aliphatic heterocycles. The topological polar surface area (TPSA) is 38.3 Å². The van der Waals surface area contributed by atoms with Gasteiger partial charge in [0.05, 0.1) is 6.04 Å². The number of rotatable bonds is 5. The van der Waals surface area contributed by atoms with E-state index in [1.807, 2.05) is 6.92 Å². The smallest absolute Gasteiger partial charge is 0.258 e. The van der Waals surface area contributed by atoms with Gasteiger partial charge >= 0.3 is 0 Å². The summed E-state index contributed by atoms with van der Waals surface area (Å²) < 4.78 is 5.27. The van der Waals surface area contributed by atoms with Crippen molar-refractivity contribution in [3.63, 3.8) is 0 Å². The first-order valence-electron chi connectivity index (χ1n) is 5.29. The van der Waals surface area contributed by atoms with E-state index in [0.29, 0.717) is 17.2 Å². The van der Waals surface area contributed by atoms with Gasteiger partial charge in [-0.1, -0.05) is 24.4 Å². The fourth-order valence-electron chi connectivity index (χ4n) is 1.18. The molecular formula is C13H14ClNO2. The molecule has 1 N–H and O–H groups in total. The Morgan fingerprint density at radius 1 is 1.53 bits per heavy atom. The van der Waals surface area contributed by atoms with Gasteiger partial charge in [-0.3, -0.25) is 4.79 Å². The maximum Gasteiger partial charge on any atom is 0.258 e. The second kappa shape index (κ2) is 6.82. The molecule has 3 nitrogen and oxygen atoms in total. The number of terminal acetylenes is 1. The molecule has 1 unspecified atom stereocenters. The quantitative estimate of drug-likeness (QED) is 0.816. The summed E-state index contributed by atoms with van der Waals surface area (Å²) in [6.45, 7) is 1.85. The number of halogens is 1. The van der Waals surface area contributed by atoms with E-state index in [-0.39, 0.29) is 18.6 Å². The number of nitrogens with one attached hydrogen (secondary N) is 1. The molecule has 0 spiro atoms. The van der Waals surface area contributed by atoms with Crippen LogP contribution in [0.1, 0.15) is 13.3 Å². The highest BCUT2D eigenvalue weighted by Crippen LogP contribution is 2.15. The van der Waals surface area contributed by atoms with Crippen molar-refractivity contribution in [1.82, 2.24) is 5.32 Å². The Morgan fingerprint density at radius 3 is 2.71 bits per heavy atom. The fourth-order valence-corrected chi connectivity index (χ4v) is 1.30. The second-order valence-electron chi connectivity index (χ2n) is 3.44. The van der Waals surface area contributed by atoms with Gasteiger partial charge in [-0.15, -0.1) is 6.42 Å². The molecular weight excluding hydrogens is 238 g/mol. The number of carbonyl (C=O) groups excluding carboxylic acids is 1. The summed E-state index contributed by atoms with van der Waals surface area (Å²) in [5.74, 6) is 2.85. The van der Waals surface area contributed by atoms with Gasteiger partial charge in [0.25, 0.3) is 5.91 Å². The monoisotopic (exact) mass is 251 g/mol. The van der Waals surface area contributed by atoms with Crippen LogP contribution in [0.15, 0.2) is 24.3 Å². The molecule has 4 heteroatoms. The van der Waals surface area contributed by atoms with Crippen molar-refractivity contribution in [3.05, 3.63) is 29.3 Å². The van der Waals surface area contributed by atoms with E-state index in [1.54, 1.807) is 24.3 Å². The van der Waals surface area contributed by atoms with Gasteiger partial charge in [0.15, 0.2) is 6.61 Å². The standard InChI is InChI=1S/C13H14ClNO2/c1-3-11(4-2)15-13(16)9-17-12-7-5-10(14)6-8-12/h1,5-8,11H,4,9H2,2H3,(H,15,16). The van der Waals surface area contributed by atoms with Crippen molar-refractivity contribution >= 4 is 17.5 Å². The average Bonchev–Trinajstić information content (AvgIpc) is 2.35. The second-order valence-corrected chi connectivity index (χ2v) is 3.87. The molecule has 0 fully saturated rings. The molecule has 1 rings (SSSR count). The lowest BCUT2D eigenvalue weighted by atomic mass is 10.2. The molecule has 0 aliphatic rings. The van der Waals surface area contributed by atoms with Crippen LogP contribution in [0.5, 0.6) is 5.75 Å². The van der Waals surface area contributed by atoms with Crippen LogP contribution in [0.2, 0.25) is 5.02 Å². The van der Waals surface area contributed by atoms with Crippen LogP contribution in [-0.2, 0) is 4.79 Å². The predicted octanol–water partition coefficient (Wildman–Crippen LogP) is 2.25. The molecule has 0 radical (unpaired) electrons. The molecule has 0 bridgehead atoms. The van der Waals surface area contributed by atoms with Crippen molar-refractivity contribution in [3.8, 4) is 18.1 Å². The Kier molecular flexibility index (Phi) is 5.38. The normalized spacial score (nSPS) is 11.4. The van der Waals surface area contributed by atoms with Crippen LogP contribution in [0.25, 0.3) is 0 Å². The third kappa shape index (κ3) is 4.80. The first kappa shape index (κ1) is 13.4. The largest absolute Gasteiger partial charge is 0.484 e. The Morgan fingerprint density at radius 2 is 2.18 bits per heavy atom. The number of hydrogen-bond donors (Lipinski definition) is 1. The summed E-state index contributed by atoms with van der Waals surface area (Å²) in [6, 6.07) is 6.56. The van der Waals surface area contributed by atoms with Crippen LogP contribution >= 0.6 is 11.6 Å². The minimum absolute atomic E-state index is 0.0557. The average molecular weight is 252 g/mol. The highest BCUT2D eigenvalue weighted by atomic mass is 35.5. The SMILES string of the molecule is C#CC(CC)NC(=O)COc1ccc(Cl)cc1. The molecule has 1 aromatic rings. The predicted molar refractivity (Wildman–Crippen MR) is 68.0 cm³/mol. The van der Waals surface area contributed by atoms with Crippen molar-refractivity contribution in [1.29, 1.82) is 0 Å². The van der Waals surface area contributed by atoms with Crippen LogP contribution in [0.4, 0.5) is 0 Å². The number of amides is 1. The maximum atomic E-state index is 11.5. The van der Waals surface area contributed by atoms with Gasteiger partial charge in [-0.05, 0) is 30.7 Å². The number of carbonyl (C=O) groups is 1. The number of benzene rings is 1. The van der Waals surface area contributed by atoms with E-state index in [9.17, 15) is 4.79 Å². The fraction of sp³-hybridized carbons (Fsp3) is 0.308. The van der Waals surface area contributed by atoms with Gasteiger partial charge in [-0.25, -0.2) is 0 Å². The number of ether oxygens (including phenoxy) is 1. The first-order chi connectivity index (χ1) is 8.15. The first-order valence-corrected chi connectivity index (χ1v) is 5.67. The Hall–Kier alpha value is -1.66. The van der Waals surface area contributed by atoms with E-state index >= 15 is 0 Å². The molecule has 90 valence electrons. The van der Waals surface area contributed by atoms with Gasteiger partial charge in [0, 0.05) is 5.02 Å². The van der Waals surface area contributed by atoms with E-state index in [1.165, 1.54) is 0 Å². The lowest BCUT2D eigenvalue weighted by Gasteiger charge is -2.11. The van der Waals surface area contributed by atoms with Crippen molar-refractivity contribution in [2.24, 2.45) is 0 Å². The van der Waals surface area contributed by atoms with E-state index < -0.39 is 0 Å². The van der Waals surface area contributed by atoms with E-state index in [4.69, 9.17) is 22.8 Å². The van der Waals surface area contributed by atoms with E-state index in [2.05, 4.69) is 11.2 Å². The molecule has 17 heavy (non-hydrogen) atoms. The highest BCUT2D eigenvalue weighted by Gasteiger charge is 2.07. The van der Waals surface area contributed by atoms with Crippen molar-refractivity contribution in [2.75, 3.05) is 6.61 Å². The van der Waals surface area contributed by atoms with E-state index in [0.717, 1.165) is 0 Å². The summed E-state index contributed by atoms with van der Waals surface area (Å²) in [4.78, 5) is 11.5. The summed E-state index contributed by atoms with van der Waals surface area (Å²) >= 11 is 5.72. The molecule has 0 aromatic heterocycles. The van der Waals surface area contributed by atoms with Gasteiger partial charge in [0.2, 0.25) is 0 Å². The summed E-state index contributed by atoms with van der Waals surface area (Å²) in [5, 5.41) is 3.30. The van der Waals surface area contributed by atoms with Crippen LogP contribution in [0.3, 0.4) is 0 Å². The molecule has 0 saturated heterocycles. The van der Waals surface area contributed by atoms with Crippen molar-refractivity contribution < 1.29 is 9.53 Å². The van der Waals surface area contributed by atoms with Gasteiger partial charge in [-0.2, -0.15) is 0 Å². The molecule has 1 aromatic carbocycles. The lowest BCUT2D eigenvalue weighted by Crippen LogP contribution is -2.36. The third-order valence-electron chi connectivity index (χ3n) is 2.13. The van der Waals surface area contributed by atoms with Crippen LogP contribution in [-0.4, -0.2) is 18.6 Å². The lowest BCUT2D eigenvalue weighted by molar-refractivity contribution is -0.123. The minimum Gasteiger partial charge on any atom is -0.484 e. The summed E-state index contributed by atoms with van der Waals surface area (Å²) in [5.41, 5.74) is 0. The zero-order chi connectivity index (χ0) is 12.7. The van der Waals surface area contributed by atoms with Crippen LogP contribution < -0.4 is 10.1 Å². The van der Waals surface area contributed by atoms with Crippen LogP contribution in [0, 0.1) is 12.3 Å². The van der Waals surface area contributed by atoms with Crippen molar-refractivity contribution in [2.45, 2.75) is 19.4 Å². The third-order valence-corrected chi connectivity index (χ3v) is 2.38. The zero-order valence-corrected chi connectivity index (χ0v) is 10.3. The minimum atomic E-state index is -0.240. The Labute approximate surface area is 106 Å². The Bertz CT molecular complexity index is 408. The maximum absolute atomic E-state index is 11.5. The summed E-state index contributed by atoms with van der Waals surface area (Å²) in [7, 11) is 0. The molecule has 1 atom stereocenters. The highest BCUT2D eigenvalue weighted by molar-refractivity contribution is 6.30. The summed E-state index contributed by atoms with van der Waals surface area (Å²) in [6.07, 6.45) is 5.93. The molecule has 0 heterocycles.